The molecule has 2 atom stereocenters. The molecule has 184 valence electrons. The lowest BCUT2D eigenvalue weighted by molar-refractivity contribution is 0.0591. The third-order valence-electron chi connectivity index (χ3n) is 6.69. The Labute approximate surface area is 213 Å². The highest BCUT2D eigenvalue weighted by Crippen LogP contribution is 2.47. The number of alkyl halides is 3. The van der Waals surface area contributed by atoms with Gasteiger partial charge in [0.15, 0.2) is 0 Å². The SMILES string of the molecule is CC(C)[Si](OC1=C[C@@H]2CC[C@H]1N(c1ccccn1)N2C(=O)OCC(Cl)(Cl)Cl)(C(C)C)C(C)C. The smallest absolute Gasteiger partial charge is 0.429 e. The third kappa shape index (κ3) is 5.42. The molecule has 1 fully saturated rings. The molecule has 4 rings (SSSR count). The number of ether oxygens (including phenoxy) is 1. The van der Waals surface area contributed by atoms with Crippen molar-refractivity contribution < 1.29 is 14.0 Å². The molecule has 6 nitrogen and oxygen atoms in total. The number of carbonyl (C=O) groups excluding carboxylic acids is 1. The number of hydrazine groups is 1. The summed E-state index contributed by atoms with van der Waals surface area (Å²) in [6, 6.07) is 5.24. The number of amides is 1. The zero-order valence-corrected chi connectivity index (χ0v) is 23.4. The van der Waals surface area contributed by atoms with E-state index in [1.165, 1.54) is 0 Å². The van der Waals surface area contributed by atoms with Gasteiger partial charge in [-0.05, 0) is 47.7 Å². The number of fused-ring (bicyclic) bond motifs is 2. The minimum absolute atomic E-state index is 0.159. The van der Waals surface area contributed by atoms with E-state index >= 15 is 0 Å². The second-order valence-corrected chi connectivity index (χ2v) is 17.6. The Morgan fingerprint density at radius 2 is 1.76 bits per heavy atom. The number of nitrogens with zero attached hydrogens (tertiary/aromatic N) is 3. The van der Waals surface area contributed by atoms with Crippen LogP contribution in [0.2, 0.25) is 16.6 Å². The van der Waals surface area contributed by atoms with Crippen LogP contribution >= 0.6 is 34.8 Å². The van der Waals surface area contributed by atoms with Crippen LogP contribution < -0.4 is 5.01 Å². The normalized spacial score (nSPS) is 21.2. The number of pyridine rings is 1. The molecule has 0 radical (unpaired) electrons. The molecule has 3 heterocycles. The maximum Gasteiger partial charge on any atom is 0.429 e. The number of rotatable bonds is 7. The van der Waals surface area contributed by atoms with Crippen LogP contribution in [0.4, 0.5) is 10.6 Å². The first-order chi connectivity index (χ1) is 15.4. The summed E-state index contributed by atoms with van der Waals surface area (Å²) in [6.07, 6.45) is 4.86. The highest BCUT2D eigenvalue weighted by molar-refractivity contribution is 6.77. The highest BCUT2D eigenvalue weighted by atomic mass is 35.6. The van der Waals surface area contributed by atoms with Crippen LogP contribution in [0.25, 0.3) is 0 Å². The van der Waals surface area contributed by atoms with Crippen molar-refractivity contribution in [1.29, 1.82) is 0 Å². The zero-order valence-electron chi connectivity index (χ0n) is 20.1. The average Bonchev–Trinajstić information content (AvgIpc) is 2.75. The Bertz CT molecular complexity index is 840. The molecule has 1 aliphatic carbocycles. The molecular formula is C23H34Cl3N3O3Si. The number of hydrogen-bond acceptors (Lipinski definition) is 5. The molecule has 0 aromatic carbocycles. The van der Waals surface area contributed by atoms with Gasteiger partial charge < -0.3 is 9.16 Å². The fourth-order valence-electron chi connectivity index (χ4n) is 5.45. The predicted octanol–water partition coefficient (Wildman–Crippen LogP) is 7.23. The summed E-state index contributed by atoms with van der Waals surface area (Å²) in [5.41, 5.74) is 1.31. The Hall–Kier alpha value is -1.15. The Kier molecular flexibility index (Phi) is 8.19. The first-order valence-corrected chi connectivity index (χ1v) is 14.8. The summed E-state index contributed by atoms with van der Waals surface area (Å²) in [5, 5.41) is 3.48. The van der Waals surface area contributed by atoms with Crippen molar-refractivity contribution >= 4 is 55.0 Å². The maximum absolute atomic E-state index is 13.1. The third-order valence-corrected chi connectivity index (χ3v) is 13.0. The van der Waals surface area contributed by atoms with E-state index in [-0.39, 0.29) is 18.7 Å². The van der Waals surface area contributed by atoms with Gasteiger partial charge in [-0.1, -0.05) is 82.4 Å². The molecule has 1 aromatic heterocycles. The Balaban J connectivity index is 2.00. The van der Waals surface area contributed by atoms with E-state index < -0.39 is 18.2 Å². The van der Waals surface area contributed by atoms with E-state index in [0.717, 1.165) is 18.6 Å². The summed E-state index contributed by atoms with van der Waals surface area (Å²) in [5.74, 6) is 1.59. The zero-order chi connectivity index (χ0) is 24.6. The quantitative estimate of drug-likeness (QED) is 0.273. The minimum Gasteiger partial charge on any atom is -0.544 e. The number of carbonyl (C=O) groups is 1. The second-order valence-electron chi connectivity index (χ2n) is 9.70. The second kappa shape index (κ2) is 10.2. The topological polar surface area (TPSA) is 54.9 Å². The van der Waals surface area contributed by atoms with Crippen molar-refractivity contribution in [3.05, 3.63) is 36.2 Å². The first-order valence-electron chi connectivity index (χ1n) is 11.5. The molecule has 33 heavy (non-hydrogen) atoms. The van der Waals surface area contributed by atoms with Crippen LogP contribution in [0, 0.1) is 0 Å². The molecule has 0 N–H and O–H groups in total. The standard InChI is InChI=1S/C23H34Cl3N3O3Si/c1-15(2)33(16(3)4,17(5)6)32-20-13-18-10-11-19(20)29(21-9-7-8-12-27-21)28(18)22(30)31-14-23(24,25)26/h7-9,12-13,15-19H,10-11,14H2,1-6H3/t18-,19+/m0/s1. The molecule has 0 spiro atoms. The Morgan fingerprint density at radius 1 is 1.12 bits per heavy atom. The molecule has 2 aliphatic heterocycles. The molecule has 3 aliphatic rings. The minimum atomic E-state index is -2.17. The van der Waals surface area contributed by atoms with Crippen molar-refractivity contribution in [2.75, 3.05) is 11.6 Å². The lowest BCUT2D eigenvalue weighted by Gasteiger charge is -2.54. The average molecular weight is 535 g/mol. The van der Waals surface area contributed by atoms with Crippen LogP contribution in [0.15, 0.2) is 36.2 Å². The van der Waals surface area contributed by atoms with Crippen molar-refractivity contribution in [2.45, 2.75) is 86.9 Å². The van der Waals surface area contributed by atoms with Crippen LogP contribution in [0.1, 0.15) is 54.4 Å². The van der Waals surface area contributed by atoms with Gasteiger partial charge in [-0.15, -0.1) is 0 Å². The molecule has 0 saturated carbocycles. The van der Waals surface area contributed by atoms with E-state index in [2.05, 4.69) is 52.6 Å². The lowest BCUT2D eigenvalue weighted by Crippen LogP contribution is -2.64. The molecule has 10 heteroatoms. The maximum atomic E-state index is 13.1. The summed E-state index contributed by atoms with van der Waals surface area (Å²) >= 11 is 17.4. The fraction of sp³-hybridized carbons (Fsp3) is 0.652. The Morgan fingerprint density at radius 3 is 2.27 bits per heavy atom. The summed E-state index contributed by atoms with van der Waals surface area (Å²) < 4.78 is 10.8. The molecule has 1 amide bonds. The van der Waals surface area contributed by atoms with Crippen molar-refractivity contribution in [2.24, 2.45) is 0 Å². The van der Waals surface area contributed by atoms with Crippen LogP contribution in [-0.2, 0) is 9.16 Å². The fourth-order valence-corrected chi connectivity index (χ4v) is 10.9. The van der Waals surface area contributed by atoms with Gasteiger partial charge in [0.25, 0.3) is 8.32 Å². The summed E-state index contributed by atoms with van der Waals surface area (Å²) in [4.78, 5) is 17.7. The monoisotopic (exact) mass is 533 g/mol. The van der Waals surface area contributed by atoms with E-state index in [1.807, 2.05) is 23.2 Å². The number of hydrogen-bond donors (Lipinski definition) is 0. The van der Waals surface area contributed by atoms with Crippen LogP contribution in [0.3, 0.4) is 0 Å². The number of aromatic nitrogens is 1. The predicted molar refractivity (Wildman–Crippen MR) is 137 cm³/mol. The largest absolute Gasteiger partial charge is 0.544 e. The highest BCUT2D eigenvalue weighted by Gasteiger charge is 2.52. The molecular weight excluding hydrogens is 501 g/mol. The van der Waals surface area contributed by atoms with Gasteiger partial charge in [0.05, 0.1) is 6.04 Å². The summed E-state index contributed by atoms with van der Waals surface area (Å²) in [6.45, 7) is 13.3. The van der Waals surface area contributed by atoms with Gasteiger partial charge in [0.2, 0.25) is 3.79 Å². The van der Waals surface area contributed by atoms with E-state index in [4.69, 9.17) is 44.0 Å². The van der Waals surface area contributed by atoms with Crippen molar-refractivity contribution in [3.8, 4) is 0 Å². The van der Waals surface area contributed by atoms with Crippen LogP contribution in [-0.4, -0.2) is 46.9 Å². The van der Waals surface area contributed by atoms with E-state index in [0.29, 0.717) is 22.4 Å². The van der Waals surface area contributed by atoms with Gasteiger partial charge in [-0.25, -0.2) is 14.8 Å². The van der Waals surface area contributed by atoms with E-state index in [9.17, 15) is 4.79 Å². The molecule has 0 unspecified atom stereocenters. The van der Waals surface area contributed by atoms with Crippen LogP contribution in [0.5, 0.6) is 0 Å². The van der Waals surface area contributed by atoms with Gasteiger partial charge in [0, 0.05) is 6.20 Å². The molecule has 1 saturated heterocycles. The lowest BCUT2D eigenvalue weighted by atomic mass is 9.92. The van der Waals surface area contributed by atoms with Crippen molar-refractivity contribution in [1.82, 2.24) is 9.99 Å². The van der Waals surface area contributed by atoms with Gasteiger partial charge in [-0.2, -0.15) is 0 Å². The number of anilines is 1. The van der Waals surface area contributed by atoms with Gasteiger partial charge >= 0.3 is 6.09 Å². The van der Waals surface area contributed by atoms with Crippen molar-refractivity contribution in [3.63, 3.8) is 0 Å². The van der Waals surface area contributed by atoms with E-state index in [1.54, 1.807) is 11.2 Å². The summed E-state index contributed by atoms with van der Waals surface area (Å²) in [7, 11) is -2.17. The molecule has 1 aromatic rings. The number of halogens is 3. The van der Waals surface area contributed by atoms with Gasteiger partial charge in [-0.3, -0.25) is 5.01 Å². The van der Waals surface area contributed by atoms with Gasteiger partial charge in [0.1, 0.15) is 24.2 Å². The molecule has 2 bridgehead atoms. The first kappa shape index (κ1) is 26.5.